The number of esters is 1. The van der Waals surface area contributed by atoms with E-state index in [0.29, 0.717) is 32.6 Å². The third-order valence-corrected chi connectivity index (χ3v) is 2.90. The summed E-state index contributed by atoms with van der Waals surface area (Å²) < 4.78 is 4.61. The summed E-state index contributed by atoms with van der Waals surface area (Å²) in [5.41, 5.74) is 5.37. The van der Waals surface area contributed by atoms with Gasteiger partial charge in [-0.2, -0.15) is 0 Å². The summed E-state index contributed by atoms with van der Waals surface area (Å²) >= 11 is 0. The van der Waals surface area contributed by atoms with E-state index in [1.54, 1.807) is 0 Å². The number of piperazine rings is 1. The molecule has 1 aliphatic heterocycles. The minimum absolute atomic E-state index is 0.160. The third-order valence-electron chi connectivity index (χ3n) is 2.90. The van der Waals surface area contributed by atoms with Crippen LogP contribution >= 0.6 is 0 Å². The van der Waals surface area contributed by atoms with Crippen LogP contribution in [-0.2, 0) is 14.3 Å². The molecule has 0 saturated carbocycles. The maximum absolute atomic E-state index is 11.7. The first-order valence-electron chi connectivity index (χ1n) is 5.94. The molecule has 98 valence electrons. The molecule has 1 aliphatic rings. The van der Waals surface area contributed by atoms with Crippen LogP contribution < -0.4 is 5.73 Å². The van der Waals surface area contributed by atoms with Crippen molar-refractivity contribution in [3.05, 3.63) is 0 Å². The Morgan fingerprint density at radius 2 is 1.88 bits per heavy atom. The normalized spacial score (nSPS) is 16.9. The molecule has 0 radical (unpaired) electrons. The number of methoxy groups -OCH3 is 1. The number of ether oxygens (including phenoxy) is 1. The lowest BCUT2D eigenvalue weighted by Crippen LogP contribution is -2.50. The molecule has 6 heteroatoms. The zero-order valence-corrected chi connectivity index (χ0v) is 10.4. The van der Waals surface area contributed by atoms with Crippen LogP contribution in [0.25, 0.3) is 0 Å². The molecular weight excluding hydrogens is 222 g/mol. The van der Waals surface area contributed by atoms with Gasteiger partial charge in [0, 0.05) is 32.6 Å². The summed E-state index contributed by atoms with van der Waals surface area (Å²) in [6, 6.07) is 0. The second kappa shape index (κ2) is 7.24. The van der Waals surface area contributed by atoms with Gasteiger partial charge in [0.05, 0.1) is 13.7 Å². The van der Waals surface area contributed by atoms with Crippen LogP contribution in [-0.4, -0.2) is 68.1 Å². The van der Waals surface area contributed by atoms with E-state index in [0.717, 1.165) is 19.5 Å². The first-order valence-corrected chi connectivity index (χ1v) is 5.94. The van der Waals surface area contributed by atoms with E-state index in [2.05, 4.69) is 4.74 Å². The number of nitrogens with two attached hydrogens (primary N) is 1. The van der Waals surface area contributed by atoms with Crippen LogP contribution in [0.3, 0.4) is 0 Å². The lowest BCUT2D eigenvalue weighted by atomic mass is 10.2. The zero-order valence-electron chi connectivity index (χ0n) is 10.4. The van der Waals surface area contributed by atoms with Gasteiger partial charge in [0.15, 0.2) is 0 Å². The van der Waals surface area contributed by atoms with E-state index in [1.807, 2.05) is 9.80 Å². The lowest BCUT2D eigenvalue weighted by Gasteiger charge is -2.34. The Morgan fingerprint density at radius 3 is 2.41 bits per heavy atom. The van der Waals surface area contributed by atoms with Crippen molar-refractivity contribution in [3.8, 4) is 0 Å². The van der Waals surface area contributed by atoms with Gasteiger partial charge in [0.25, 0.3) is 0 Å². The molecule has 1 rings (SSSR count). The van der Waals surface area contributed by atoms with Crippen molar-refractivity contribution >= 4 is 11.9 Å². The predicted molar refractivity (Wildman–Crippen MR) is 63.3 cm³/mol. The molecule has 1 saturated heterocycles. The van der Waals surface area contributed by atoms with Gasteiger partial charge >= 0.3 is 5.97 Å². The van der Waals surface area contributed by atoms with E-state index in [-0.39, 0.29) is 11.9 Å². The van der Waals surface area contributed by atoms with Gasteiger partial charge < -0.3 is 15.4 Å². The zero-order chi connectivity index (χ0) is 12.7. The molecule has 0 aromatic rings. The largest absolute Gasteiger partial charge is 0.468 e. The van der Waals surface area contributed by atoms with Crippen LogP contribution in [0, 0.1) is 0 Å². The first kappa shape index (κ1) is 13.9. The Morgan fingerprint density at radius 1 is 1.24 bits per heavy atom. The van der Waals surface area contributed by atoms with Crippen molar-refractivity contribution in [2.45, 2.75) is 12.8 Å². The van der Waals surface area contributed by atoms with Crippen molar-refractivity contribution in [1.29, 1.82) is 0 Å². The SMILES string of the molecule is COC(=O)CN1CCN(C(=O)CCCN)CC1. The summed E-state index contributed by atoms with van der Waals surface area (Å²) in [6.07, 6.45) is 1.26. The van der Waals surface area contributed by atoms with Crippen LogP contribution in [0.4, 0.5) is 0 Å². The highest BCUT2D eigenvalue weighted by molar-refractivity contribution is 5.76. The van der Waals surface area contributed by atoms with Gasteiger partial charge in [0.2, 0.25) is 5.91 Å². The quantitative estimate of drug-likeness (QED) is 0.630. The number of amides is 1. The molecule has 0 spiro atoms. The molecule has 0 bridgehead atoms. The lowest BCUT2D eigenvalue weighted by molar-refractivity contribution is -0.142. The molecule has 0 aromatic carbocycles. The van der Waals surface area contributed by atoms with Gasteiger partial charge in [-0.15, -0.1) is 0 Å². The smallest absolute Gasteiger partial charge is 0.319 e. The van der Waals surface area contributed by atoms with Gasteiger partial charge in [-0.05, 0) is 13.0 Å². The number of hydrogen-bond acceptors (Lipinski definition) is 5. The van der Waals surface area contributed by atoms with Gasteiger partial charge in [-0.3, -0.25) is 14.5 Å². The molecular formula is C11H21N3O3. The standard InChI is InChI=1S/C11H21N3O3/c1-17-11(16)9-13-5-7-14(8-6-13)10(15)3-2-4-12/h2-9,12H2,1H3. The fraction of sp³-hybridized carbons (Fsp3) is 0.818. The summed E-state index contributed by atoms with van der Waals surface area (Å²) in [5, 5.41) is 0. The van der Waals surface area contributed by atoms with Crippen molar-refractivity contribution in [3.63, 3.8) is 0 Å². The summed E-state index contributed by atoms with van der Waals surface area (Å²) in [6.45, 7) is 3.67. The molecule has 17 heavy (non-hydrogen) atoms. The van der Waals surface area contributed by atoms with Crippen LogP contribution in [0.2, 0.25) is 0 Å². The van der Waals surface area contributed by atoms with Crippen molar-refractivity contribution in [1.82, 2.24) is 9.80 Å². The molecule has 0 aromatic heterocycles. The van der Waals surface area contributed by atoms with Crippen molar-refractivity contribution < 1.29 is 14.3 Å². The Labute approximate surface area is 102 Å². The minimum Gasteiger partial charge on any atom is -0.468 e. The first-order chi connectivity index (χ1) is 8.17. The molecule has 0 unspecified atom stereocenters. The molecule has 6 nitrogen and oxygen atoms in total. The van der Waals surface area contributed by atoms with Gasteiger partial charge in [0.1, 0.15) is 0 Å². The van der Waals surface area contributed by atoms with E-state index in [1.165, 1.54) is 7.11 Å². The van der Waals surface area contributed by atoms with Crippen molar-refractivity contribution in [2.24, 2.45) is 5.73 Å². The van der Waals surface area contributed by atoms with Crippen LogP contribution in [0.15, 0.2) is 0 Å². The molecule has 2 N–H and O–H groups in total. The Balaban J connectivity index is 2.25. The molecule has 0 atom stereocenters. The maximum Gasteiger partial charge on any atom is 0.319 e. The maximum atomic E-state index is 11.7. The average molecular weight is 243 g/mol. The Kier molecular flexibility index (Phi) is 5.93. The van der Waals surface area contributed by atoms with Gasteiger partial charge in [-0.1, -0.05) is 0 Å². The topological polar surface area (TPSA) is 75.9 Å². The van der Waals surface area contributed by atoms with Crippen LogP contribution in [0.1, 0.15) is 12.8 Å². The monoisotopic (exact) mass is 243 g/mol. The predicted octanol–water partition coefficient (Wildman–Crippen LogP) is -0.957. The number of rotatable bonds is 5. The van der Waals surface area contributed by atoms with E-state index in [4.69, 9.17) is 5.73 Å². The molecule has 1 heterocycles. The highest BCUT2D eigenvalue weighted by atomic mass is 16.5. The van der Waals surface area contributed by atoms with Gasteiger partial charge in [-0.25, -0.2) is 0 Å². The van der Waals surface area contributed by atoms with Crippen molar-refractivity contribution in [2.75, 3.05) is 46.4 Å². The number of carbonyl (C=O) groups is 2. The Bertz CT molecular complexity index is 263. The molecule has 1 fully saturated rings. The van der Waals surface area contributed by atoms with Crippen LogP contribution in [0.5, 0.6) is 0 Å². The second-order valence-electron chi connectivity index (χ2n) is 4.13. The number of carbonyl (C=O) groups excluding carboxylic acids is 2. The highest BCUT2D eigenvalue weighted by Crippen LogP contribution is 2.04. The summed E-state index contributed by atoms with van der Waals surface area (Å²) in [7, 11) is 1.38. The molecule has 0 aliphatic carbocycles. The van der Waals surface area contributed by atoms with E-state index in [9.17, 15) is 9.59 Å². The number of hydrogen-bond donors (Lipinski definition) is 1. The third kappa shape index (κ3) is 4.70. The molecule has 1 amide bonds. The number of nitrogens with zero attached hydrogens (tertiary/aromatic N) is 2. The van der Waals surface area contributed by atoms with E-state index < -0.39 is 0 Å². The summed E-state index contributed by atoms with van der Waals surface area (Å²) in [4.78, 5) is 26.6. The Hall–Kier alpha value is -1.14. The van der Waals surface area contributed by atoms with E-state index >= 15 is 0 Å². The summed E-state index contributed by atoms with van der Waals surface area (Å²) in [5.74, 6) is -0.0684. The highest BCUT2D eigenvalue weighted by Gasteiger charge is 2.21. The fourth-order valence-electron chi connectivity index (χ4n) is 1.81. The second-order valence-corrected chi connectivity index (χ2v) is 4.13. The minimum atomic E-state index is -0.229. The fourth-order valence-corrected chi connectivity index (χ4v) is 1.81. The average Bonchev–Trinajstić information content (AvgIpc) is 2.36.